The van der Waals surface area contributed by atoms with Crippen molar-refractivity contribution >= 4 is 11.5 Å². The van der Waals surface area contributed by atoms with E-state index in [1.165, 1.54) is 25.7 Å². The Bertz CT molecular complexity index is 363. The molecule has 2 saturated carbocycles. The molecule has 1 heterocycles. The van der Waals surface area contributed by atoms with Gasteiger partial charge in [0.05, 0.1) is 5.69 Å². The van der Waals surface area contributed by atoms with Crippen molar-refractivity contribution in [2.75, 3.05) is 17.2 Å². The van der Waals surface area contributed by atoms with Gasteiger partial charge in [-0.1, -0.05) is 0 Å². The van der Waals surface area contributed by atoms with Crippen LogP contribution in [0, 0.1) is 5.92 Å². The number of aryl methyl sites for hydroxylation is 1. The predicted molar refractivity (Wildman–Crippen MR) is 60.7 cm³/mol. The van der Waals surface area contributed by atoms with Crippen LogP contribution in [0.1, 0.15) is 25.7 Å². The van der Waals surface area contributed by atoms with E-state index in [1.807, 2.05) is 17.9 Å². The number of nitrogens with zero attached hydrogens (tertiary/aromatic N) is 3. The normalized spacial score (nSPS) is 20.6. The molecular weight excluding hydrogens is 188 g/mol. The maximum Gasteiger partial charge on any atom is 0.174 e. The maximum absolute atomic E-state index is 5.98. The van der Waals surface area contributed by atoms with Gasteiger partial charge in [-0.3, -0.25) is 4.68 Å². The summed E-state index contributed by atoms with van der Waals surface area (Å²) >= 11 is 0. The fraction of sp³-hybridized carbons (Fsp3) is 0.727. The van der Waals surface area contributed by atoms with Gasteiger partial charge in [0.1, 0.15) is 0 Å². The second-order valence-electron chi connectivity index (χ2n) is 4.91. The predicted octanol–water partition coefficient (Wildman–Crippen LogP) is 1.38. The molecule has 0 bridgehead atoms. The first kappa shape index (κ1) is 9.07. The van der Waals surface area contributed by atoms with Gasteiger partial charge >= 0.3 is 0 Å². The molecule has 0 atom stereocenters. The third-order valence-corrected chi connectivity index (χ3v) is 3.25. The van der Waals surface area contributed by atoms with Gasteiger partial charge in [-0.25, -0.2) is 0 Å². The molecule has 2 N–H and O–H groups in total. The molecule has 0 saturated heterocycles. The van der Waals surface area contributed by atoms with Crippen molar-refractivity contribution in [1.82, 2.24) is 9.78 Å². The van der Waals surface area contributed by atoms with E-state index in [1.54, 1.807) is 0 Å². The van der Waals surface area contributed by atoms with Crippen molar-refractivity contribution in [3.05, 3.63) is 6.20 Å². The number of rotatable bonds is 4. The Balaban J connectivity index is 1.82. The van der Waals surface area contributed by atoms with Gasteiger partial charge in [0.25, 0.3) is 0 Å². The van der Waals surface area contributed by atoms with Crippen LogP contribution >= 0.6 is 0 Å². The molecule has 0 aliphatic heterocycles. The molecule has 2 fully saturated rings. The van der Waals surface area contributed by atoms with Gasteiger partial charge in [0, 0.05) is 25.8 Å². The smallest absolute Gasteiger partial charge is 0.174 e. The van der Waals surface area contributed by atoms with E-state index in [4.69, 9.17) is 5.73 Å². The summed E-state index contributed by atoms with van der Waals surface area (Å²) in [5.74, 6) is 1.90. The van der Waals surface area contributed by atoms with Crippen LogP contribution in [0.2, 0.25) is 0 Å². The van der Waals surface area contributed by atoms with Crippen molar-refractivity contribution in [2.24, 2.45) is 13.0 Å². The minimum absolute atomic E-state index is 0.711. The SMILES string of the molecule is Cn1cc(N)c(N(CC2CC2)C2CC2)n1. The molecule has 1 aromatic rings. The third kappa shape index (κ3) is 1.80. The zero-order chi connectivity index (χ0) is 10.4. The van der Waals surface area contributed by atoms with Crippen molar-refractivity contribution in [3.8, 4) is 0 Å². The quantitative estimate of drug-likeness (QED) is 0.809. The molecule has 0 radical (unpaired) electrons. The highest BCUT2D eigenvalue weighted by molar-refractivity contribution is 5.62. The number of anilines is 2. The van der Waals surface area contributed by atoms with Crippen LogP contribution in [-0.2, 0) is 7.05 Å². The third-order valence-electron chi connectivity index (χ3n) is 3.25. The highest BCUT2D eigenvalue weighted by Gasteiger charge is 2.35. The van der Waals surface area contributed by atoms with Gasteiger partial charge in [-0.05, 0) is 31.6 Å². The van der Waals surface area contributed by atoms with Gasteiger partial charge < -0.3 is 10.6 Å². The van der Waals surface area contributed by atoms with Crippen molar-refractivity contribution in [1.29, 1.82) is 0 Å². The van der Waals surface area contributed by atoms with E-state index in [0.717, 1.165) is 24.0 Å². The number of nitrogen functional groups attached to an aromatic ring is 1. The average molecular weight is 206 g/mol. The first-order chi connectivity index (χ1) is 7.24. The number of hydrogen-bond donors (Lipinski definition) is 1. The fourth-order valence-corrected chi connectivity index (χ4v) is 2.09. The van der Waals surface area contributed by atoms with Gasteiger partial charge in [-0.2, -0.15) is 5.10 Å². The minimum Gasteiger partial charge on any atom is -0.394 e. The first-order valence-electron chi connectivity index (χ1n) is 5.80. The Morgan fingerprint density at radius 1 is 1.47 bits per heavy atom. The second-order valence-corrected chi connectivity index (χ2v) is 4.91. The summed E-state index contributed by atoms with van der Waals surface area (Å²) in [7, 11) is 1.93. The minimum atomic E-state index is 0.711. The van der Waals surface area contributed by atoms with Crippen LogP contribution in [0.5, 0.6) is 0 Å². The molecule has 0 amide bonds. The Labute approximate surface area is 90.0 Å². The number of aromatic nitrogens is 2. The molecule has 1 aromatic heterocycles. The van der Waals surface area contributed by atoms with E-state index in [0.29, 0.717) is 6.04 Å². The van der Waals surface area contributed by atoms with Gasteiger partial charge in [0.15, 0.2) is 5.82 Å². The average Bonchev–Trinajstić information content (AvgIpc) is 3.04. The van der Waals surface area contributed by atoms with E-state index >= 15 is 0 Å². The van der Waals surface area contributed by atoms with Gasteiger partial charge in [0.2, 0.25) is 0 Å². The highest BCUT2D eigenvalue weighted by atomic mass is 15.4. The Kier molecular flexibility index (Phi) is 1.90. The molecule has 3 rings (SSSR count). The summed E-state index contributed by atoms with van der Waals surface area (Å²) in [6.07, 6.45) is 7.29. The van der Waals surface area contributed by atoms with Crippen LogP contribution in [0.3, 0.4) is 0 Å². The standard InChI is InChI=1S/C11H18N4/c1-14-7-10(12)11(13-14)15(9-4-5-9)6-8-2-3-8/h7-9H,2-6,12H2,1H3. The Morgan fingerprint density at radius 2 is 2.20 bits per heavy atom. The molecule has 4 heteroatoms. The molecule has 2 aliphatic carbocycles. The molecule has 82 valence electrons. The summed E-state index contributed by atoms with van der Waals surface area (Å²) in [5.41, 5.74) is 6.80. The van der Waals surface area contributed by atoms with E-state index in [9.17, 15) is 0 Å². The molecule has 0 aromatic carbocycles. The van der Waals surface area contributed by atoms with Crippen LogP contribution in [-0.4, -0.2) is 22.4 Å². The summed E-state index contributed by atoms with van der Waals surface area (Å²) in [6.45, 7) is 1.16. The summed E-state index contributed by atoms with van der Waals surface area (Å²) in [4.78, 5) is 2.42. The second kappa shape index (κ2) is 3.15. The zero-order valence-corrected chi connectivity index (χ0v) is 9.19. The van der Waals surface area contributed by atoms with E-state index in [-0.39, 0.29) is 0 Å². The lowest BCUT2D eigenvalue weighted by atomic mass is 10.3. The number of nitrogens with two attached hydrogens (primary N) is 1. The fourth-order valence-electron chi connectivity index (χ4n) is 2.09. The molecular formula is C11H18N4. The lowest BCUT2D eigenvalue weighted by Crippen LogP contribution is -2.29. The van der Waals surface area contributed by atoms with Crippen LogP contribution in [0.4, 0.5) is 11.5 Å². The van der Waals surface area contributed by atoms with Crippen LogP contribution in [0.15, 0.2) is 6.20 Å². The van der Waals surface area contributed by atoms with Crippen LogP contribution < -0.4 is 10.6 Å². The highest BCUT2D eigenvalue weighted by Crippen LogP contribution is 2.38. The summed E-state index contributed by atoms with van der Waals surface area (Å²) < 4.78 is 1.81. The number of hydrogen-bond acceptors (Lipinski definition) is 3. The monoisotopic (exact) mass is 206 g/mol. The molecule has 15 heavy (non-hydrogen) atoms. The molecule has 0 unspecified atom stereocenters. The molecule has 4 nitrogen and oxygen atoms in total. The van der Waals surface area contributed by atoms with Crippen molar-refractivity contribution in [2.45, 2.75) is 31.7 Å². The lowest BCUT2D eigenvalue weighted by molar-refractivity contribution is 0.687. The molecule has 0 spiro atoms. The Hall–Kier alpha value is -1.19. The maximum atomic E-state index is 5.98. The zero-order valence-electron chi connectivity index (χ0n) is 9.19. The van der Waals surface area contributed by atoms with Crippen molar-refractivity contribution < 1.29 is 0 Å². The topological polar surface area (TPSA) is 47.1 Å². The Morgan fingerprint density at radius 3 is 2.67 bits per heavy atom. The summed E-state index contributed by atoms with van der Waals surface area (Å²) in [6, 6.07) is 0.711. The van der Waals surface area contributed by atoms with Gasteiger partial charge in [-0.15, -0.1) is 0 Å². The largest absolute Gasteiger partial charge is 0.394 e. The van der Waals surface area contributed by atoms with E-state index < -0.39 is 0 Å². The lowest BCUT2D eigenvalue weighted by Gasteiger charge is -2.22. The molecule has 2 aliphatic rings. The first-order valence-corrected chi connectivity index (χ1v) is 5.80. The van der Waals surface area contributed by atoms with E-state index in [2.05, 4.69) is 10.00 Å². The van der Waals surface area contributed by atoms with Crippen molar-refractivity contribution in [3.63, 3.8) is 0 Å². The summed E-state index contributed by atoms with van der Waals surface area (Å²) in [5, 5.41) is 4.47. The van der Waals surface area contributed by atoms with Crippen LogP contribution in [0.25, 0.3) is 0 Å².